The first kappa shape index (κ1) is 18.3. The van der Waals surface area contributed by atoms with Crippen molar-refractivity contribution in [3.63, 3.8) is 0 Å². The molecule has 1 rings (SSSR count). The predicted octanol–water partition coefficient (Wildman–Crippen LogP) is 3.10. The molecule has 0 aliphatic carbocycles. The number of carbonyl (C=O) groups excluding carboxylic acids is 1. The third kappa shape index (κ3) is 6.80. The minimum absolute atomic E-state index is 0.0460. The fourth-order valence-electron chi connectivity index (χ4n) is 2.00. The average molecular weight is 328 g/mol. The highest BCUT2D eigenvalue weighted by Gasteiger charge is 2.06. The molecular formula is C16H22ClNO4. The van der Waals surface area contributed by atoms with Crippen LogP contribution in [0.5, 0.6) is 5.75 Å². The fraction of sp³-hybridized carbons (Fsp3) is 0.500. The van der Waals surface area contributed by atoms with Gasteiger partial charge in [-0.1, -0.05) is 18.0 Å². The molecule has 0 bridgehead atoms. The lowest BCUT2D eigenvalue weighted by molar-refractivity contribution is -0.137. The van der Waals surface area contributed by atoms with Crippen molar-refractivity contribution in [2.75, 3.05) is 13.2 Å². The van der Waals surface area contributed by atoms with E-state index >= 15 is 0 Å². The number of rotatable bonds is 9. The average Bonchev–Trinajstić information content (AvgIpc) is 2.45. The Hall–Kier alpha value is -1.75. The van der Waals surface area contributed by atoms with Gasteiger partial charge in [-0.3, -0.25) is 9.59 Å². The van der Waals surface area contributed by atoms with Crippen molar-refractivity contribution in [3.05, 3.63) is 28.3 Å². The van der Waals surface area contributed by atoms with Gasteiger partial charge >= 0.3 is 5.97 Å². The van der Waals surface area contributed by atoms with Crippen molar-refractivity contribution in [2.24, 2.45) is 0 Å². The first-order valence-corrected chi connectivity index (χ1v) is 7.66. The monoisotopic (exact) mass is 327 g/mol. The van der Waals surface area contributed by atoms with E-state index in [0.717, 1.165) is 24.0 Å². The molecule has 0 aliphatic heterocycles. The Balaban J connectivity index is 2.22. The molecule has 0 saturated heterocycles. The molecule has 0 saturated carbocycles. The molecule has 1 aromatic carbocycles. The van der Waals surface area contributed by atoms with Crippen LogP contribution in [0.2, 0.25) is 5.02 Å². The second-order valence-electron chi connectivity index (χ2n) is 5.21. The van der Waals surface area contributed by atoms with Gasteiger partial charge in [0.15, 0.2) is 6.61 Å². The van der Waals surface area contributed by atoms with Crippen LogP contribution in [0.3, 0.4) is 0 Å². The smallest absolute Gasteiger partial charge is 0.303 e. The number of carbonyl (C=O) groups is 2. The van der Waals surface area contributed by atoms with Gasteiger partial charge in [0.2, 0.25) is 0 Å². The summed E-state index contributed by atoms with van der Waals surface area (Å²) in [4.78, 5) is 22.0. The van der Waals surface area contributed by atoms with Crippen LogP contribution in [0.25, 0.3) is 0 Å². The summed E-state index contributed by atoms with van der Waals surface area (Å²) in [6.45, 7) is 4.26. The second kappa shape index (κ2) is 9.30. The van der Waals surface area contributed by atoms with Crippen LogP contribution < -0.4 is 10.1 Å². The molecular weight excluding hydrogens is 306 g/mol. The molecule has 0 aromatic heterocycles. The standard InChI is InChI=1S/C16H22ClNO4/c1-11-8-13(9-12(2)16(11)17)22-10-14(19)18-7-5-3-4-6-15(20)21/h8-9H,3-7,10H2,1-2H3,(H,18,19)(H,20,21). The molecule has 0 radical (unpaired) electrons. The highest BCUT2D eigenvalue weighted by Crippen LogP contribution is 2.25. The topological polar surface area (TPSA) is 75.6 Å². The van der Waals surface area contributed by atoms with Gasteiger partial charge in [0.1, 0.15) is 5.75 Å². The zero-order chi connectivity index (χ0) is 16.5. The zero-order valence-electron chi connectivity index (χ0n) is 12.9. The maximum atomic E-state index is 11.6. The molecule has 0 heterocycles. The van der Waals surface area contributed by atoms with E-state index in [4.69, 9.17) is 21.4 Å². The van der Waals surface area contributed by atoms with Gasteiger partial charge in [0, 0.05) is 18.0 Å². The molecule has 2 N–H and O–H groups in total. The number of hydrogen-bond donors (Lipinski definition) is 2. The highest BCUT2D eigenvalue weighted by atomic mass is 35.5. The number of benzene rings is 1. The number of aliphatic carboxylic acids is 1. The Morgan fingerprint density at radius 1 is 1.18 bits per heavy atom. The summed E-state index contributed by atoms with van der Waals surface area (Å²) in [5.41, 5.74) is 1.83. The molecule has 0 spiro atoms. The maximum Gasteiger partial charge on any atom is 0.303 e. The van der Waals surface area contributed by atoms with Crippen LogP contribution >= 0.6 is 11.6 Å². The molecule has 0 aliphatic rings. The summed E-state index contributed by atoms with van der Waals surface area (Å²) in [5.74, 6) is -0.356. The van der Waals surface area contributed by atoms with Gasteiger partial charge in [0.25, 0.3) is 5.91 Å². The minimum atomic E-state index is -0.786. The van der Waals surface area contributed by atoms with Crippen LogP contribution in [-0.4, -0.2) is 30.1 Å². The normalized spacial score (nSPS) is 10.3. The Labute approximate surface area is 135 Å². The molecule has 22 heavy (non-hydrogen) atoms. The van der Waals surface area contributed by atoms with Crippen LogP contribution in [0.4, 0.5) is 0 Å². The summed E-state index contributed by atoms with van der Waals surface area (Å²) >= 11 is 6.07. The van der Waals surface area contributed by atoms with Crippen LogP contribution in [-0.2, 0) is 9.59 Å². The highest BCUT2D eigenvalue weighted by molar-refractivity contribution is 6.32. The quantitative estimate of drug-likeness (QED) is 0.683. The number of carboxylic acids is 1. The number of nitrogens with one attached hydrogen (secondary N) is 1. The summed E-state index contributed by atoms with van der Waals surface area (Å²) < 4.78 is 5.45. The van der Waals surface area contributed by atoms with Crippen molar-refractivity contribution in [1.82, 2.24) is 5.32 Å². The van der Waals surface area contributed by atoms with E-state index in [1.807, 2.05) is 13.8 Å². The third-order valence-electron chi connectivity index (χ3n) is 3.17. The lowest BCUT2D eigenvalue weighted by Crippen LogP contribution is -2.29. The van der Waals surface area contributed by atoms with Crippen molar-refractivity contribution in [3.8, 4) is 5.75 Å². The number of carboxylic acid groups (broad SMARTS) is 1. The van der Waals surface area contributed by atoms with E-state index in [0.29, 0.717) is 23.7 Å². The number of hydrogen-bond acceptors (Lipinski definition) is 3. The Morgan fingerprint density at radius 2 is 1.82 bits per heavy atom. The van der Waals surface area contributed by atoms with Crippen molar-refractivity contribution in [2.45, 2.75) is 39.5 Å². The van der Waals surface area contributed by atoms with Gasteiger partial charge < -0.3 is 15.2 Å². The summed E-state index contributed by atoms with van der Waals surface area (Å²) in [6, 6.07) is 3.60. The summed E-state index contributed by atoms with van der Waals surface area (Å²) in [7, 11) is 0. The van der Waals surface area contributed by atoms with E-state index in [1.54, 1.807) is 12.1 Å². The van der Waals surface area contributed by atoms with Crippen molar-refractivity contribution >= 4 is 23.5 Å². The predicted molar refractivity (Wildman–Crippen MR) is 85.5 cm³/mol. The van der Waals surface area contributed by atoms with Gasteiger partial charge in [-0.25, -0.2) is 0 Å². The number of aryl methyl sites for hydroxylation is 2. The maximum absolute atomic E-state index is 11.6. The zero-order valence-corrected chi connectivity index (χ0v) is 13.7. The second-order valence-corrected chi connectivity index (χ2v) is 5.59. The molecule has 5 nitrogen and oxygen atoms in total. The van der Waals surface area contributed by atoms with E-state index in [2.05, 4.69) is 5.32 Å². The van der Waals surface area contributed by atoms with Gasteiger partial charge in [-0.15, -0.1) is 0 Å². The molecule has 6 heteroatoms. The molecule has 1 aromatic rings. The first-order valence-electron chi connectivity index (χ1n) is 7.28. The third-order valence-corrected chi connectivity index (χ3v) is 3.77. The summed E-state index contributed by atoms with van der Waals surface area (Å²) in [6.07, 6.45) is 2.35. The lowest BCUT2D eigenvalue weighted by atomic mass is 10.1. The van der Waals surface area contributed by atoms with E-state index < -0.39 is 5.97 Å². The number of halogens is 1. The van der Waals surface area contributed by atoms with E-state index in [9.17, 15) is 9.59 Å². The largest absolute Gasteiger partial charge is 0.484 e. The van der Waals surface area contributed by atoms with Gasteiger partial charge in [-0.2, -0.15) is 0 Å². The van der Waals surface area contributed by atoms with E-state index in [-0.39, 0.29) is 18.9 Å². The molecule has 122 valence electrons. The molecule has 0 atom stereocenters. The number of ether oxygens (including phenoxy) is 1. The van der Waals surface area contributed by atoms with Crippen molar-refractivity contribution < 1.29 is 19.4 Å². The van der Waals surface area contributed by atoms with Gasteiger partial charge in [-0.05, 0) is 49.9 Å². The van der Waals surface area contributed by atoms with Crippen LogP contribution in [0.1, 0.15) is 36.8 Å². The molecule has 1 amide bonds. The lowest BCUT2D eigenvalue weighted by Gasteiger charge is -2.10. The van der Waals surface area contributed by atoms with E-state index in [1.165, 1.54) is 0 Å². The molecule has 0 unspecified atom stereocenters. The summed E-state index contributed by atoms with van der Waals surface area (Å²) in [5, 5.41) is 11.9. The SMILES string of the molecule is Cc1cc(OCC(=O)NCCCCCC(=O)O)cc(C)c1Cl. The van der Waals surface area contributed by atoms with Crippen LogP contribution in [0.15, 0.2) is 12.1 Å². The Morgan fingerprint density at radius 3 is 2.41 bits per heavy atom. The Kier molecular flexibility index (Phi) is 7.74. The van der Waals surface area contributed by atoms with Gasteiger partial charge in [0.05, 0.1) is 0 Å². The number of unbranched alkanes of at least 4 members (excludes halogenated alkanes) is 2. The van der Waals surface area contributed by atoms with Crippen LogP contribution in [0, 0.1) is 13.8 Å². The Bertz CT molecular complexity index is 508. The first-order chi connectivity index (χ1) is 10.4. The fourth-order valence-corrected chi connectivity index (χ4v) is 2.10. The number of amides is 1. The van der Waals surface area contributed by atoms with Crippen molar-refractivity contribution in [1.29, 1.82) is 0 Å². The molecule has 0 fully saturated rings. The minimum Gasteiger partial charge on any atom is -0.484 e.